The highest BCUT2D eigenvalue weighted by atomic mass is 32.2. The molecule has 0 amide bonds. The highest BCUT2D eigenvalue weighted by Gasteiger charge is 2.31. The average Bonchev–Trinajstić information content (AvgIpc) is 2.59. The summed E-state index contributed by atoms with van der Waals surface area (Å²) >= 11 is 0. The van der Waals surface area contributed by atoms with E-state index >= 15 is 0 Å². The van der Waals surface area contributed by atoms with E-state index in [1.165, 1.54) is 6.08 Å². The Morgan fingerprint density at radius 1 is 1.08 bits per heavy atom. The number of sulfonamides is 1. The highest BCUT2D eigenvalue weighted by molar-refractivity contribution is 7.92. The van der Waals surface area contributed by atoms with Gasteiger partial charge in [-0.15, -0.1) is 6.58 Å². The first-order valence-electron chi connectivity index (χ1n) is 7.12. The summed E-state index contributed by atoms with van der Waals surface area (Å²) in [5.74, 6) is 0. The molecule has 0 radical (unpaired) electrons. The summed E-state index contributed by atoms with van der Waals surface area (Å²) in [5, 5.41) is 10.7. The first kappa shape index (κ1) is 19.4. The Bertz CT molecular complexity index is 908. The van der Waals surface area contributed by atoms with Gasteiger partial charge in [0.1, 0.15) is 0 Å². The van der Waals surface area contributed by atoms with Crippen LogP contribution in [0.5, 0.6) is 0 Å². The minimum absolute atomic E-state index is 0.0104. The fourth-order valence-corrected chi connectivity index (χ4v) is 3.58. The molecule has 0 heterocycles. The molecule has 26 heavy (non-hydrogen) atoms. The number of hydrogen-bond donors (Lipinski definition) is 0. The summed E-state index contributed by atoms with van der Waals surface area (Å²) in [4.78, 5) is 9.77. The van der Waals surface area contributed by atoms with E-state index in [0.717, 1.165) is 52.8 Å². The summed E-state index contributed by atoms with van der Waals surface area (Å²) in [6, 6.07) is 7.82. The van der Waals surface area contributed by atoms with Gasteiger partial charge in [-0.3, -0.25) is 14.4 Å². The van der Waals surface area contributed by atoms with Crippen molar-refractivity contribution in [3.8, 4) is 0 Å². The van der Waals surface area contributed by atoms with Crippen LogP contribution in [-0.4, -0.2) is 19.9 Å². The zero-order valence-electron chi connectivity index (χ0n) is 13.2. The Morgan fingerprint density at radius 3 is 2.04 bits per heavy atom. The van der Waals surface area contributed by atoms with Crippen LogP contribution in [0.4, 0.5) is 24.5 Å². The summed E-state index contributed by atoms with van der Waals surface area (Å²) in [6.45, 7) is 3.26. The maximum atomic E-state index is 12.8. The monoisotopic (exact) mass is 386 g/mol. The van der Waals surface area contributed by atoms with Gasteiger partial charge in [0.15, 0.2) is 0 Å². The van der Waals surface area contributed by atoms with Crippen molar-refractivity contribution in [2.45, 2.75) is 11.1 Å². The van der Waals surface area contributed by atoms with E-state index in [0.29, 0.717) is 0 Å². The minimum atomic E-state index is -4.54. The lowest BCUT2D eigenvalue weighted by Gasteiger charge is -2.23. The quantitative estimate of drug-likeness (QED) is 0.427. The van der Waals surface area contributed by atoms with Crippen molar-refractivity contribution in [1.82, 2.24) is 0 Å². The van der Waals surface area contributed by atoms with Crippen LogP contribution in [0.3, 0.4) is 0 Å². The van der Waals surface area contributed by atoms with Crippen molar-refractivity contribution in [3.63, 3.8) is 0 Å². The number of alkyl halides is 3. The summed E-state index contributed by atoms with van der Waals surface area (Å²) in [5.41, 5.74) is -1.18. The molecule has 0 aliphatic heterocycles. The van der Waals surface area contributed by atoms with Gasteiger partial charge < -0.3 is 0 Å². The molecule has 0 aliphatic rings. The molecule has 2 aromatic carbocycles. The third kappa shape index (κ3) is 4.02. The smallest absolute Gasteiger partial charge is 0.263 e. The fourth-order valence-electron chi connectivity index (χ4n) is 2.14. The number of anilines is 1. The highest BCUT2D eigenvalue weighted by Crippen LogP contribution is 2.32. The number of nitro benzene ring substituents is 1. The van der Waals surface area contributed by atoms with Crippen molar-refractivity contribution in [2.24, 2.45) is 0 Å². The zero-order chi connectivity index (χ0) is 19.5. The van der Waals surface area contributed by atoms with Gasteiger partial charge in [0, 0.05) is 12.1 Å². The molecule has 138 valence electrons. The van der Waals surface area contributed by atoms with Crippen LogP contribution < -0.4 is 4.31 Å². The van der Waals surface area contributed by atoms with E-state index in [2.05, 4.69) is 6.58 Å². The maximum absolute atomic E-state index is 12.8. The van der Waals surface area contributed by atoms with Crippen molar-refractivity contribution < 1.29 is 26.5 Å². The molecule has 2 rings (SSSR count). The zero-order valence-corrected chi connectivity index (χ0v) is 14.0. The van der Waals surface area contributed by atoms with Gasteiger partial charge in [-0.25, -0.2) is 8.42 Å². The van der Waals surface area contributed by atoms with E-state index in [4.69, 9.17) is 0 Å². The van der Waals surface area contributed by atoms with Crippen molar-refractivity contribution >= 4 is 21.4 Å². The second kappa shape index (κ2) is 7.16. The fraction of sp³-hybridized carbons (Fsp3) is 0.125. The lowest BCUT2D eigenvalue weighted by molar-refractivity contribution is -0.384. The molecule has 0 saturated carbocycles. The van der Waals surface area contributed by atoms with E-state index in [1.807, 2.05) is 0 Å². The van der Waals surface area contributed by atoms with Gasteiger partial charge in [0.25, 0.3) is 15.7 Å². The Balaban J connectivity index is 2.44. The molecule has 0 bridgehead atoms. The maximum Gasteiger partial charge on any atom is 0.416 e. The van der Waals surface area contributed by atoms with E-state index < -0.39 is 26.7 Å². The van der Waals surface area contributed by atoms with E-state index in [1.54, 1.807) is 0 Å². The van der Waals surface area contributed by atoms with Crippen LogP contribution in [0.25, 0.3) is 0 Å². The number of non-ortho nitro benzene ring substituents is 1. The lowest BCUT2D eigenvalue weighted by Crippen LogP contribution is -2.31. The molecular formula is C16H13F3N2O4S. The van der Waals surface area contributed by atoms with Gasteiger partial charge in [0.2, 0.25) is 0 Å². The van der Waals surface area contributed by atoms with Gasteiger partial charge in [0.05, 0.1) is 27.6 Å². The second-order valence-electron chi connectivity index (χ2n) is 5.12. The number of nitro groups is 1. The third-order valence-corrected chi connectivity index (χ3v) is 5.22. The Labute approximate surface area is 147 Å². The first-order chi connectivity index (χ1) is 12.1. The van der Waals surface area contributed by atoms with Crippen LogP contribution in [0.1, 0.15) is 5.56 Å². The predicted molar refractivity (Wildman–Crippen MR) is 89.3 cm³/mol. The Kier molecular flexibility index (Phi) is 5.36. The molecule has 0 aliphatic carbocycles. The molecule has 0 N–H and O–H groups in total. The van der Waals surface area contributed by atoms with E-state index in [9.17, 15) is 31.7 Å². The summed E-state index contributed by atoms with van der Waals surface area (Å²) in [7, 11) is -4.15. The van der Waals surface area contributed by atoms with Crippen LogP contribution in [0.2, 0.25) is 0 Å². The number of halogens is 3. The number of rotatable bonds is 6. The standard InChI is InChI=1S/C16H13F3N2O4S/c1-2-11-20(13-5-3-12(4-6-13)16(17,18)19)26(24,25)15-9-7-14(8-10-15)21(22)23/h2-10H,1,11H2. The number of hydrogen-bond acceptors (Lipinski definition) is 4. The number of nitrogens with zero attached hydrogens (tertiary/aromatic N) is 2. The minimum Gasteiger partial charge on any atom is -0.263 e. The third-order valence-electron chi connectivity index (χ3n) is 3.41. The van der Waals surface area contributed by atoms with Crippen LogP contribution in [0.15, 0.2) is 66.1 Å². The molecule has 10 heteroatoms. The van der Waals surface area contributed by atoms with Gasteiger partial charge in [-0.1, -0.05) is 6.08 Å². The Hall–Kier alpha value is -2.88. The largest absolute Gasteiger partial charge is 0.416 e. The molecule has 0 unspecified atom stereocenters. The molecule has 0 fully saturated rings. The average molecular weight is 386 g/mol. The molecule has 0 spiro atoms. The summed E-state index contributed by atoms with van der Waals surface area (Å²) < 4.78 is 64.4. The summed E-state index contributed by atoms with van der Waals surface area (Å²) in [6.07, 6.45) is -3.26. The normalized spacial score (nSPS) is 11.8. The SMILES string of the molecule is C=CCN(c1ccc(C(F)(F)F)cc1)S(=O)(=O)c1ccc([N+](=O)[O-])cc1. The van der Waals surface area contributed by atoms with Crippen molar-refractivity contribution in [1.29, 1.82) is 0 Å². The lowest BCUT2D eigenvalue weighted by atomic mass is 10.2. The predicted octanol–water partition coefficient (Wildman–Crippen LogP) is 3.99. The number of benzene rings is 2. The molecule has 0 atom stereocenters. The van der Waals surface area contributed by atoms with Gasteiger partial charge in [-0.2, -0.15) is 13.2 Å². The van der Waals surface area contributed by atoms with Crippen LogP contribution >= 0.6 is 0 Å². The van der Waals surface area contributed by atoms with Gasteiger partial charge >= 0.3 is 6.18 Å². The molecule has 6 nitrogen and oxygen atoms in total. The Morgan fingerprint density at radius 2 is 1.62 bits per heavy atom. The molecule has 0 aromatic heterocycles. The topological polar surface area (TPSA) is 80.5 Å². The van der Waals surface area contributed by atoms with E-state index in [-0.39, 0.29) is 22.8 Å². The van der Waals surface area contributed by atoms with Crippen molar-refractivity contribution in [3.05, 3.63) is 76.9 Å². The van der Waals surface area contributed by atoms with Gasteiger partial charge in [-0.05, 0) is 36.4 Å². The molecular weight excluding hydrogens is 373 g/mol. The van der Waals surface area contributed by atoms with Crippen LogP contribution in [-0.2, 0) is 16.2 Å². The van der Waals surface area contributed by atoms with Crippen molar-refractivity contribution in [2.75, 3.05) is 10.8 Å². The second-order valence-corrected chi connectivity index (χ2v) is 6.98. The van der Waals surface area contributed by atoms with Crippen LogP contribution in [0, 0.1) is 10.1 Å². The molecule has 2 aromatic rings. The first-order valence-corrected chi connectivity index (χ1v) is 8.56. The molecule has 0 saturated heterocycles.